The van der Waals surface area contributed by atoms with Crippen LogP contribution in [0.4, 0.5) is 0 Å². The molecule has 0 fully saturated rings. The third-order valence-electron chi connectivity index (χ3n) is 1.10. The van der Waals surface area contributed by atoms with Crippen LogP contribution in [-0.4, -0.2) is 35.3 Å². The molecule has 0 heterocycles. The Labute approximate surface area is 87.3 Å². The van der Waals surface area contributed by atoms with E-state index in [9.17, 15) is 4.79 Å². The van der Waals surface area contributed by atoms with Crippen molar-refractivity contribution in [1.29, 1.82) is 0 Å². The number of hydrogen-bond donors (Lipinski definition) is 5. The molecule has 0 saturated heterocycles. The minimum Gasteiger partial charge on any atom is -0.480 e. The second-order valence-corrected chi connectivity index (χ2v) is 3.61. The van der Waals surface area contributed by atoms with E-state index in [0.29, 0.717) is 0 Å². The van der Waals surface area contributed by atoms with Crippen molar-refractivity contribution < 1.29 is 32.5 Å². The van der Waals surface area contributed by atoms with E-state index in [1.54, 1.807) is 13.8 Å². The third-order valence-corrected chi connectivity index (χ3v) is 1.29. The minimum absolute atomic E-state index is 0. The molecule has 0 aromatic rings. The maximum Gasteiger partial charge on any atom is 0.423 e. The first kappa shape index (κ1) is 19.7. The fraction of sp³-hybridized carbons (Fsp3) is 0.800. The fourth-order valence-corrected chi connectivity index (χ4v) is 0.285. The first-order valence-corrected chi connectivity index (χ1v) is 4.77. The van der Waals surface area contributed by atoms with Crippen LogP contribution >= 0.6 is 0 Å². The molecule has 0 aromatic carbocycles. The number of rotatable bonds is 3. The highest BCUT2D eigenvalue weighted by atomic mass is 32.3. The number of hydrogen-bond acceptors (Lipinski definition) is 7. The normalized spacial score (nSPS) is 12.1. The zero-order chi connectivity index (χ0) is 11.9. The number of carboxylic acids is 1. The largest absolute Gasteiger partial charge is 0.480 e. The topological polar surface area (TPSA) is 182 Å². The first-order valence-electron chi connectivity index (χ1n) is 3.40. The van der Waals surface area contributed by atoms with Gasteiger partial charge in [-0.2, -0.15) is 8.42 Å². The number of carboxylic acid groups (broad SMARTS) is 1. The Morgan fingerprint density at radius 1 is 1.40 bits per heavy atom. The van der Waals surface area contributed by atoms with Gasteiger partial charge in [-0.1, -0.05) is 18.2 Å². The van der Waals surface area contributed by atoms with Crippen LogP contribution in [0.15, 0.2) is 0 Å². The summed E-state index contributed by atoms with van der Waals surface area (Å²) < 4.78 is 28.0. The Morgan fingerprint density at radius 3 is 1.67 bits per heavy atom. The highest BCUT2D eigenvalue weighted by Crippen LogP contribution is 1.96. The minimum atomic E-state index is -4.61. The Hall–Kier alpha value is -0.780. The van der Waals surface area contributed by atoms with E-state index in [-0.39, 0.29) is 12.1 Å². The van der Waals surface area contributed by atoms with Gasteiger partial charge in [-0.05, 0) is 5.92 Å². The summed E-state index contributed by atoms with van der Waals surface area (Å²) in [6.07, 6.45) is 0. The van der Waals surface area contributed by atoms with Gasteiger partial charge in [-0.15, -0.1) is 0 Å². The Balaban J connectivity index is -0.000000187. The predicted molar refractivity (Wildman–Crippen MR) is 50.7 cm³/mol. The molecule has 0 spiro atoms. The van der Waals surface area contributed by atoms with Gasteiger partial charge in [0, 0.05) is 0 Å². The monoisotopic (exact) mass is 248 g/mol. The highest BCUT2D eigenvalue weighted by Gasteiger charge is 2.14. The van der Waals surface area contributed by atoms with Gasteiger partial charge in [0.1, 0.15) is 6.04 Å². The zero-order valence-corrected chi connectivity index (χ0v) is 9.14. The summed E-state index contributed by atoms with van der Waals surface area (Å²) >= 11 is 0. The first-order chi connectivity index (χ1) is 6.11. The molecule has 0 saturated carbocycles. The SMILES string of the molecule is CC(C)[C@H](N)C(=O)O.N.O=S(=O)(O)OO. The number of nitrogens with two attached hydrogens (primary N) is 1. The van der Waals surface area contributed by atoms with Crippen LogP contribution in [0.3, 0.4) is 0 Å². The van der Waals surface area contributed by atoms with Crippen molar-refractivity contribution in [2.45, 2.75) is 19.9 Å². The molecule has 8 N–H and O–H groups in total. The van der Waals surface area contributed by atoms with Gasteiger partial charge < -0.3 is 17.0 Å². The summed E-state index contributed by atoms with van der Waals surface area (Å²) in [7, 11) is -4.61. The second kappa shape index (κ2) is 8.52. The summed E-state index contributed by atoms with van der Waals surface area (Å²) in [4.78, 5) is 10.0. The van der Waals surface area contributed by atoms with Crippen molar-refractivity contribution in [3.8, 4) is 0 Å². The molecule has 0 aliphatic rings. The number of carbonyl (C=O) groups is 1. The Kier molecular flexibility index (Phi) is 11.2. The van der Waals surface area contributed by atoms with Crippen LogP contribution in [0.5, 0.6) is 0 Å². The van der Waals surface area contributed by atoms with Crippen LogP contribution in [0.1, 0.15) is 13.8 Å². The van der Waals surface area contributed by atoms with E-state index >= 15 is 0 Å². The van der Waals surface area contributed by atoms with Crippen LogP contribution < -0.4 is 11.9 Å². The molecule has 0 bridgehead atoms. The lowest BCUT2D eigenvalue weighted by Gasteiger charge is -2.07. The Bertz CT molecular complexity index is 263. The summed E-state index contributed by atoms with van der Waals surface area (Å²) in [5.74, 6) is -0.910. The van der Waals surface area contributed by atoms with E-state index in [4.69, 9.17) is 29.1 Å². The van der Waals surface area contributed by atoms with E-state index in [2.05, 4.69) is 4.33 Å². The molecule has 0 unspecified atom stereocenters. The molecular formula is C5H16N2O7S. The second-order valence-electron chi connectivity index (χ2n) is 2.61. The predicted octanol–water partition coefficient (Wildman–Crippen LogP) is -0.505. The van der Waals surface area contributed by atoms with Gasteiger partial charge in [-0.3, -0.25) is 9.35 Å². The van der Waals surface area contributed by atoms with Gasteiger partial charge >= 0.3 is 16.4 Å². The van der Waals surface area contributed by atoms with Gasteiger partial charge in [0.25, 0.3) is 0 Å². The van der Waals surface area contributed by atoms with Crippen LogP contribution in [-0.2, 0) is 19.5 Å². The average Bonchev–Trinajstić information content (AvgIpc) is 2.02. The van der Waals surface area contributed by atoms with Crippen molar-refractivity contribution in [3.05, 3.63) is 0 Å². The highest BCUT2D eigenvalue weighted by molar-refractivity contribution is 7.80. The lowest BCUT2D eigenvalue weighted by Crippen LogP contribution is -2.34. The molecule has 94 valence electrons. The average molecular weight is 248 g/mol. The lowest BCUT2D eigenvalue weighted by atomic mass is 10.1. The molecule has 0 rings (SSSR count). The van der Waals surface area contributed by atoms with Crippen molar-refractivity contribution in [3.63, 3.8) is 0 Å². The van der Waals surface area contributed by atoms with Crippen molar-refractivity contribution in [1.82, 2.24) is 6.15 Å². The van der Waals surface area contributed by atoms with Gasteiger partial charge in [-0.25, -0.2) is 5.26 Å². The molecular weight excluding hydrogens is 232 g/mol. The van der Waals surface area contributed by atoms with E-state index in [0.717, 1.165) is 0 Å². The molecule has 0 aliphatic carbocycles. The summed E-state index contributed by atoms with van der Waals surface area (Å²) in [5.41, 5.74) is 5.16. The lowest BCUT2D eigenvalue weighted by molar-refractivity contribution is -0.139. The third kappa shape index (κ3) is 15.9. The Morgan fingerprint density at radius 2 is 1.67 bits per heavy atom. The maximum atomic E-state index is 10.0. The summed E-state index contributed by atoms with van der Waals surface area (Å²) in [6, 6.07) is -0.713. The zero-order valence-electron chi connectivity index (χ0n) is 8.32. The molecule has 10 heteroatoms. The smallest absolute Gasteiger partial charge is 0.423 e. The van der Waals surface area contributed by atoms with Crippen LogP contribution in [0.25, 0.3) is 0 Å². The van der Waals surface area contributed by atoms with Crippen LogP contribution in [0.2, 0.25) is 0 Å². The summed E-state index contributed by atoms with van der Waals surface area (Å²) in [6.45, 7) is 3.55. The molecule has 0 aromatic heterocycles. The quantitative estimate of drug-likeness (QED) is 0.249. The van der Waals surface area contributed by atoms with Crippen LogP contribution in [0, 0.1) is 5.92 Å². The standard InChI is InChI=1S/C5H11NO2.H3N.H2O5S/c1-3(2)4(6)5(7)8;;1-5-6(2,3)4/h3-4H,6H2,1-2H3,(H,7,8);1H3;1H,(H,2,3,4)/t4-;;/m0../s1. The molecule has 15 heavy (non-hydrogen) atoms. The van der Waals surface area contributed by atoms with Crippen molar-refractivity contribution in [2.75, 3.05) is 0 Å². The van der Waals surface area contributed by atoms with E-state index < -0.39 is 22.4 Å². The molecule has 0 aliphatic heterocycles. The van der Waals surface area contributed by atoms with Gasteiger partial charge in [0.15, 0.2) is 0 Å². The summed E-state index contributed by atoms with van der Waals surface area (Å²) in [5, 5.41) is 15.3. The van der Waals surface area contributed by atoms with Gasteiger partial charge in [0.05, 0.1) is 0 Å². The van der Waals surface area contributed by atoms with Gasteiger partial charge in [0.2, 0.25) is 0 Å². The van der Waals surface area contributed by atoms with E-state index in [1.165, 1.54) is 0 Å². The molecule has 0 radical (unpaired) electrons. The molecule has 1 atom stereocenters. The van der Waals surface area contributed by atoms with E-state index in [1.807, 2.05) is 0 Å². The molecule has 9 nitrogen and oxygen atoms in total. The van der Waals surface area contributed by atoms with Crippen molar-refractivity contribution in [2.24, 2.45) is 11.7 Å². The van der Waals surface area contributed by atoms with Crippen molar-refractivity contribution >= 4 is 16.4 Å². The molecule has 0 amide bonds. The maximum absolute atomic E-state index is 10.0. The fourth-order valence-electron chi connectivity index (χ4n) is 0.285. The number of aliphatic carboxylic acids is 1.